The first-order valence-corrected chi connectivity index (χ1v) is 6.10. The summed E-state index contributed by atoms with van der Waals surface area (Å²) >= 11 is 0. The van der Waals surface area contributed by atoms with Crippen LogP contribution in [-0.4, -0.2) is 36.2 Å². The van der Waals surface area contributed by atoms with E-state index in [1.54, 1.807) is 6.92 Å². The summed E-state index contributed by atoms with van der Waals surface area (Å²) in [6, 6.07) is 0. The predicted octanol–water partition coefficient (Wildman–Crippen LogP) is -0.201. The van der Waals surface area contributed by atoms with Crippen molar-refractivity contribution in [1.82, 2.24) is 14.9 Å². The van der Waals surface area contributed by atoms with Gasteiger partial charge in [0.15, 0.2) is 0 Å². The molecule has 3 N–H and O–H groups in total. The number of rotatable bonds is 6. The van der Waals surface area contributed by atoms with E-state index in [9.17, 15) is 13.2 Å². The first kappa shape index (κ1) is 12.7. The molecule has 0 spiro atoms. The highest BCUT2D eigenvalue weighted by Gasteiger charge is 2.16. The Morgan fingerprint density at radius 2 is 2.38 bits per heavy atom. The molecule has 0 aliphatic rings. The molecule has 1 atom stereocenters. The third-order valence-corrected chi connectivity index (χ3v) is 3.32. The van der Waals surface area contributed by atoms with Gasteiger partial charge in [-0.15, -0.1) is 0 Å². The summed E-state index contributed by atoms with van der Waals surface area (Å²) in [7, 11) is -3.58. The highest BCUT2D eigenvalue weighted by molar-refractivity contribution is 7.89. The lowest BCUT2D eigenvalue weighted by Gasteiger charge is -2.09. The minimum Gasteiger partial charge on any atom is -0.481 e. The molecule has 0 fully saturated rings. The van der Waals surface area contributed by atoms with E-state index in [0.717, 1.165) is 0 Å². The number of hydrogen-bond acceptors (Lipinski definition) is 4. The molecule has 0 saturated carbocycles. The Balaban J connectivity index is 2.52. The van der Waals surface area contributed by atoms with Gasteiger partial charge in [-0.05, 0) is 5.92 Å². The van der Waals surface area contributed by atoms with E-state index >= 15 is 0 Å². The number of aromatic amines is 1. The molecular weight excluding hydrogens is 234 g/mol. The van der Waals surface area contributed by atoms with Gasteiger partial charge >= 0.3 is 5.97 Å². The van der Waals surface area contributed by atoms with Gasteiger partial charge in [0, 0.05) is 19.2 Å². The molecule has 0 aliphatic carbocycles. The fraction of sp³-hybridized carbons (Fsp3) is 0.500. The molecule has 1 aromatic rings. The van der Waals surface area contributed by atoms with Crippen molar-refractivity contribution in [1.29, 1.82) is 0 Å². The molecule has 16 heavy (non-hydrogen) atoms. The van der Waals surface area contributed by atoms with Crippen molar-refractivity contribution in [2.24, 2.45) is 5.92 Å². The van der Waals surface area contributed by atoms with Crippen LogP contribution in [0.2, 0.25) is 0 Å². The third-order valence-electron chi connectivity index (χ3n) is 1.93. The number of sulfonamides is 1. The number of aromatic nitrogens is 2. The molecule has 0 amide bonds. The minimum atomic E-state index is -3.58. The van der Waals surface area contributed by atoms with Gasteiger partial charge in [-0.1, -0.05) is 6.92 Å². The lowest BCUT2D eigenvalue weighted by molar-refractivity contribution is -0.137. The molecule has 1 rings (SSSR count). The van der Waals surface area contributed by atoms with E-state index in [-0.39, 0.29) is 23.8 Å². The van der Waals surface area contributed by atoms with Gasteiger partial charge in [0.05, 0.1) is 6.20 Å². The minimum absolute atomic E-state index is 0.0371. The number of hydrogen-bond donors (Lipinski definition) is 3. The van der Waals surface area contributed by atoms with Crippen LogP contribution in [0.5, 0.6) is 0 Å². The zero-order valence-corrected chi connectivity index (χ0v) is 9.49. The van der Waals surface area contributed by atoms with E-state index in [1.165, 1.54) is 12.4 Å². The summed E-state index contributed by atoms with van der Waals surface area (Å²) in [6.45, 7) is 1.74. The van der Waals surface area contributed by atoms with Crippen LogP contribution in [0.1, 0.15) is 13.3 Å². The van der Waals surface area contributed by atoms with E-state index in [2.05, 4.69) is 14.9 Å². The van der Waals surface area contributed by atoms with Crippen LogP contribution in [0.25, 0.3) is 0 Å². The van der Waals surface area contributed by atoms with Crippen molar-refractivity contribution in [2.75, 3.05) is 6.54 Å². The topological polar surface area (TPSA) is 112 Å². The van der Waals surface area contributed by atoms with Crippen LogP contribution in [0.15, 0.2) is 17.3 Å². The lowest BCUT2D eigenvalue weighted by Crippen LogP contribution is -2.29. The van der Waals surface area contributed by atoms with E-state index in [0.29, 0.717) is 0 Å². The fourth-order valence-corrected chi connectivity index (χ4v) is 2.16. The Kier molecular flexibility index (Phi) is 4.02. The van der Waals surface area contributed by atoms with Crippen molar-refractivity contribution in [3.05, 3.63) is 12.4 Å². The Bertz CT molecular complexity index is 440. The second-order valence-electron chi connectivity index (χ2n) is 3.49. The number of carboxylic acids is 1. The molecule has 90 valence electrons. The second kappa shape index (κ2) is 5.08. The first-order chi connectivity index (χ1) is 7.42. The smallest absolute Gasteiger partial charge is 0.303 e. The molecule has 0 bridgehead atoms. The van der Waals surface area contributed by atoms with Crippen LogP contribution in [-0.2, 0) is 14.8 Å². The molecule has 8 heteroatoms. The molecular formula is C8H13N3O4S. The average Bonchev–Trinajstić information content (AvgIpc) is 2.67. The van der Waals surface area contributed by atoms with E-state index in [4.69, 9.17) is 5.11 Å². The predicted molar refractivity (Wildman–Crippen MR) is 55.2 cm³/mol. The fourth-order valence-electron chi connectivity index (χ4n) is 1.09. The summed E-state index contributed by atoms with van der Waals surface area (Å²) < 4.78 is 25.4. The average molecular weight is 247 g/mol. The van der Waals surface area contributed by atoms with E-state index < -0.39 is 16.0 Å². The van der Waals surface area contributed by atoms with E-state index in [1.807, 2.05) is 0 Å². The van der Waals surface area contributed by atoms with Crippen LogP contribution in [0.4, 0.5) is 0 Å². The van der Waals surface area contributed by atoms with Gasteiger partial charge in [-0.2, -0.15) is 5.10 Å². The van der Waals surface area contributed by atoms with Crippen molar-refractivity contribution >= 4 is 16.0 Å². The van der Waals surface area contributed by atoms with Crippen molar-refractivity contribution in [3.63, 3.8) is 0 Å². The van der Waals surface area contributed by atoms with Gasteiger partial charge in [0.25, 0.3) is 0 Å². The molecule has 0 saturated heterocycles. The molecule has 1 aromatic heterocycles. The Hall–Kier alpha value is -1.41. The van der Waals surface area contributed by atoms with Crippen LogP contribution >= 0.6 is 0 Å². The maximum atomic E-state index is 11.6. The van der Waals surface area contributed by atoms with Crippen LogP contribution in [0.3, 0.4) is 0 Å². The number of nitrogens with one attached hydrogen (secondary N) is 2. The largest absolute Gasteiger partial charge is 0.481 e. The molecule has 7 nitrogen and oxygen atoms in total. The quantitative estimate of drug-likeness (QED) is 0.644. The lowest BCUT2D eigenvalue weighted by atomic mass is 10.1. The second-order valence-corrected chi connectivity index (χ2v) is 5.26. The van der Waals surface area contributed by atoms with Gasteiger partial charge < -0.3 is 5.11 Å². The number of H-pyrrole nitrogens is 1. The zero-order chi connectivity index (χ0) is 12.2. The Morgan fingerprint density at radius 3 is 2.88 bits per heavy atom. The molecule has 1 unspecified atom stereocenters. The van der Waals surface area contributed by atoms with Crippen LogP contribution < -0.4 is 4.72 Å². The molecule has 0 radical (unpaired) electrons. The maximum absolute atomic E-state index is 11.6. The van der Waals surface area contributed by atoms with Crippen molar-refractivity contribution in [2.45, 2.75) is 18.2 Å². The number of carboxylic acid groups (broad SMARTS) is 1. The normalized spacial score (nSPS) is 13.6. The van der Waals surface area contributed by atoms with Crippen molar-refractivity contribution < 1.29 is 18.3 Å². The Labute approximate surface area is 92.9 Å². The summed E-state index contributed by atoms with van der Waals surface area (Å²) in [5, 5.41) is 14.4. The van der Waals surface area contributed by atoms with Crippen molar-refractivity contribution in [3.8, 4) is 0 Å². The monoisotopic (exact) mass is 247 g/mol. The van der Waals surface area contributed by atoms with Gasteiger partial charge in [-0.3, -0.25) is 9.89 Å². The van der Waals surface area contributed by atoms with Gasteiger partial charge in [0.1, 0.15) is 4.90 Å². The number of aliphatic carboxylic acids is 1. The third kappa shape index (κ3) is 3.63. The van der Waals surface area contributed by atoms with Crippen LogP contribution in [0, 0.1) is 5.92 Å². The molecule has 1 heterocycles. The maximum Gasteiger partial charge on any atom is 0.303 e. The summed E-state index contributed by atoms with van der Waals surface area (Å²) in [4.78, 5) is 10.4. The SMILES string of the molecule is CC(CNS(=O)(=O)c1cn[nH]c1)CC(=O)O. The number of carbonyl (C=O) groups is 1. The first-order valence-electron chi connectivity index (χ1n) is 4.62. The highest BCUT2D eigenvalue weighted by atomic mass is 32.2. The van der Waals surface area contributed by atoms with Gasteiger partial charge in [0.2, 0.25) is 10.0 Å². The molecule has 0 aromatic carbocycles. The summed E-state index contributed by atoms with van der Waals surface area (Å²) in [5.74, 6) is -1.21. The Morgan fingerprint density at radius 1 is 1.69 bits per heavy atom. The highest BCUT2D eigenvalue weighted by Crippen LogP contribution is 2.06. The standard InChI is InChI=1S/C8H13N3O4S/c1-6(2-8(12)13)3-11-16(14,15)7-4-9-10-5-7/h4-6,11H,2-3H2,1H3,(H,9,10)(H,12,13). The molecule has 0 aliphatic heterocycles. The number of nitrogens with zero attached hydrogens (tertiary/aromatic N) is 1. The summed E-state index contributed by atoms with van der Waals surface area (Å²) in [5.41, 5.74) is 0. The van der Waals surface area contributed by atoms with Gasteiger partial charge in [-0.25, -0.2) is 13.1 Å². The summed E-state index contributed by atoms with van der Waals surface area (Å²) in [6.07, 6.45) is 2.36. The zero-order valence-electron chi connectivity index (χ0n) is 8.67.